The van der Waals surface area contributed by atoms with Gasteiger partial charge in [0.1, 0.15) is 5.75 Å². The molecule has 0 heterocycles. The smallest absolute Gasteiger partial charge is 0.123 e. The molecule has 1 aliphatic carbocycles. The first-order chi connectivity index (χ1) is 9.72. The number of ether oxygens (including phenoxy) is 2. The number of methoxy groups -OCH3 is 1. The molecule has 20 heavy (non-hydrogen) atoms. The van der Waals surface area contributed by atoms with E-state index in [4.69, 9.17) is 9.47 Å². The van der Waals surface area contributed by atoms with Gasteiger partial charge in [-0.2, -0.15) is 0 Å². The van der Waals surface area contributed by atoms with Gasteiger partial charge in [-0.25, -0.2) is 0 Å². The first-order valence-electron chi connectivity index (χ1n) is 7.26. The van der Waals surface area contributed by atoms with Crippen LogP contribution in [-0.2, 0) is 17.9 Å². The minimum atomic E-state index is 0.0607. The number of benzene rings is 1. The fraction of sp³-hybridized carbons (Fsp3) is 0.625. The van der Waals surface area contributed by atoms with E-state index in [1.165, 1.54) is 12.8 Å². The Balaban J connectivity index is 1.80. The summed E-state index contributed by atoms with van der Waals surface area (Å²) in [5.74, 6) is 1.69. The topological polar surface area (TPSA) is 41.9 Å². The molecule has 0 unspecified atom stereocenters. The van der Waals surface area contributed by atoms with E-state index in [0.717, 1.165) is 49.1 Å². The van der Waals surface area contributed by atoms with Gasteiger partial charge in [-0.15, -0.1) is 0 Å². The zero-order valence-corrected chi connectivity index (χ0v) is 12.5. The van der Waals surface area contributed by atoms with E-state index < -0.39 is 0 Å². The third-order valence-corrected chi connectivity index (χ3v) is 3.64. The van der Waals surface area contributed by atoms with Crippen LogP contribution in [0.5, 0.6) is 5.75 Å². The van der Waals surface area contributed by atoms with Gasteiger partial charge in [0.05, 0.1) is 20.3 Å². The standard InChI is InChI=1S/C16H25NO3/c1-17(7-8-20-12-13-3-4-13)10-15-9-14(11-18)5-6-16(15)19-2/h5-6,9,13,18H,3-4,7-8,10-12H2,1-2H3. The molecule has 1 aliphatic rings. The van der Waals surface area contributed by atoms with Crippen molar-refractivity contribution in [3.8, 4) is 5.75 Å². The van der Waals surface area contributed by atoms with Gasteiger partial charge in [0.2, 0.25) is 0 Å². The first kappa shape index (κ1) is 15.3. The molecule has 0 amide bonds. The van der Waals surface area contributed by atoms with Crippen molar-refractivity contribution in [3.05, 3.63) is 29.3 Å². The number of hydrogen-bond acceptors (Lipinski definition) is 4. The Labute approximate surface area is 121 Å². The predicted octanol–water partition coefficient (Wildman–Crippen LogP) is 2.05. The average molecular weight is 279 g/mol. The maximum atomic E-state index is 9.22. The largest absolute Gasteiger partial charge is 0.496 e. The van der Waals surface area contributed by atoms with Gasteiger partial charge in [0, 0.05) is 25.3 Å². The lowest BCUT2D eigenvalue weighted by Crippen LogP contribution is -2.23. The van der Waals surface area contributed by atoms with E-state index in [0.29, 0.717) is 0 Å². The Morgan fingerprint density at radius 3 is 2.80 bits per heavy atom. The number of aliphatic hydroxyl groups is 1. The lowest BCUT2D eigenvalue weighted by Gasteiger charge is -2.19. The molecule has 112 valence electrons. The Kier molecular flexibility index (Phi) is 5.83. The number of likely N-dealkylation sites (N-methyl/N-ethyl adjacent to an activating group) is 1. The summed E-state index contributed by atoms with van der Waals surface area (Å²) in [6.07, 6.45) is 2.67. The Morgan fingerprint density at radius 1 is 1.35 bits per heavy atom. The lowest BCUT2D eigenvalue weighted by molar-refractivity contribution is 0.102. The third-order valence-electron chi connectivity index (χ3n) is 3.64. The zero-order valence-electron chi connectivity index (χ0n) is 12.5. The van der Waals surface area contributed by atoms with Crippen molar-refractivity contribution in [2.75, 3.05) is 33.9 Å². The summed E-state index contributed by atoms with van der Waals surface area (Å²) in [6.45, 7) is 3.44. The second kappa shape index (κ2) is 7.62. The van der Waals surface area contributed by atoms with Crippen molar-refractivity contribution >= 4 is 0 Å². The molecular formula is C16H25NO3. The van der Waals surface area contributed by atoms with E-state index in [1.54, 1.807) is 7.11 Å². The molecule has 1 aromatic carbocycles. The summed E-state index contributed by atoms with van der Waals surface area (Å²) < 4.78 is 11.0. The number of aliphatic hydroxyl groups excluding tert-OH is 1. The summed E-state index contributed by atoms with van der Waals surface area (Å²) >= 11 is 0. The molecule has 0 saturated heterocycles. The highest BCUT2D eigenvalue weighted by Crippen LogP contribution is 2.28. The minimum absolute atomic E-state index is 0.0607. The van der Waals surface area contributed by atoms with Crippen LogP contribution in [0.3, 0.4) is 0 Å². The van der Waals surface area contributed by atoms with Crippen molar-refractivity contribution in [2.45, 2.75) is 26.0 Å². The van der Waals surface area contributed by atoms with E-state index in [2.05, 4.69) is 11.9 Å². The van der Waals surface area contributed by atoms with Gasteiger partial charge in [-0.1, -0.05) is 6.07 Å². The number of hydrogen-bond donors (Lipinski definition) is 1. The van der Waals surface area contributed by atoms with Crippen LogP contribution in [0, 0.1) is 5.92 Å². The molecule has 1 fully saturated rings. The fourth-order valence-electron chi connectivity index (χ4n) is 2.18. The van der Waals surface area contributed by atoms with Crippen LogP contribution >= 0.6 is 0 Å². The summed E-state index contributed by atoms with van der Waals surface area (Å²) in [4.78, 5) is 2.21. The van der Waals surface area contributed by atoms with Crippen LogP contribution in [-0.4, -0.2) is 43.9 Å². The average Bonchev–Trinajstić information content (AvgIpc) is 3.27. The zero-order chi connectivity index (χ0) is 14.4. The van der Waals surface area contributed by atoms with Gasteiger partial charge < -0.3 is 14.6 Å². The summed E-state index contributed by atoms with van der Waals surface area (Å²) in [5, 5.41) is 9.22. The van der Waals surface area contributed by atoms with Gasteiger partial charge in [-0.3, -0.25) is 4.90 Å². The third kappa shape index (κ3) is 4.78. The monoisotopic (exact) mass is 279 g/mol. The van der Waals surface area contributed by atoms with E-state index >= 15 is 0 Å². The van der Waals surface area contributed by atoms with Crippen LogP contribution in [0.15, 0.2) is 18.2 Å². The second-order valence-electron chi connectivity index (χ2n) is 5.56. The van der Waals surface area contributed by atoms with Crippen molar-refractivity contribution in [2.24, 2.45) is 5.92 Å². The molecule has 0 aliphatic heterocycles. The molecule has 1 saturated carbocycles. The summed E-state index contributed by atoms with van der Waals surface area (Å²) in [6, 6.07) is 5.81. The van der Waals surface area contributed by atoms with Crippen LogP contribution < -0.4 is 4.74 Å². The van der Waals surface area contributed by atoms with E-state index in [-0.39, 0.29) is 6.61 Å². The van der Waals surface area contributed by atoms with Gasteiger partial charge >= 0.3 is 0 Å². The highest BCUT2D eigenvalue weighted by atomic mass is 16.5. The molecule has 0 atom stereocenters. The highest BCUT2D eigenvalue weighted by molar-refractivity contribution is 5.37. The molecule has 0 radical (unpaired) electrons. The van der Waals surface area contributed by atoms with E-state index in [1.807, 2.05) is 18.2 Å². The SMILES string of the molecule is COc1ccc(CO)cc1CN(C)CCOCC1CC1. The number of rotatable bonds is 9. The lowest BCUT2D eigenvalue weighted by atomic mass is 10.1. The van der Waals surface area contributed by atoms with Crippen LogP contribution in [0.25, 0.3) is 0 Å². The van der Waals surface area contributed by atoms with Crippen molar-refractivity contribution in [3.63, 3.8) is 0 Å². The molecule has 0 spiro atoms. The molecule has 4 heteroatoms. The molecule has 1 aromatic rings. The molecule has 1 N–H and O–H groups in total. The first-order valence-corrected chi connectivity index (χ1v) is 7.26. The minimum Gasteiger partial charge on any atom is -0.496 e. The van der Waals surface area contributed by atoms with Crippen LogP contribution in [0.4, 0.5) is 0 Å². The molecule has 2 rings (SSSR count). The molecule has 4 nitrogen and oxygen atoms in total. The Morgan fingerprint density at radius 2 is 2.15 bits per heavy atom. The fourth-order valence-corrected chi connectivity index (χ4v) is 2.18. The quantitative estimate of drug-likeness (QED) is 0.703. The van der Waals surface area contributed by atoms with Crippen molar-refractivity contribution in [1.82, 2.24) is 4.90 Å². The van der Waals surface area contributed by atoms with Gasteiger partial charge in [-0.05, 0) is 43.5 Å². The maximum Gasteiger partial charge on any atom is 0.123 e. The highest BCUT2D eigenvalue weighted by Gasteiger charge is 2.21. The molecular weight excluding hydrogens is 254 g/mol. The van der Waals surface area contributed by atoms with Crippen LogP contribution in [0.2, 0.25) is 0 Å². The van der Waals surface area contributed by atoms with Crippen LogP contribution in [0.1, 0.15) is 24.0 Å². The Bertz CT molecular complexity index is 418. The van der Waals surface area contributed by atoms with Crippen molar-refractivity contribution < 1.29 is 14.6 Å². The normalized spacial score (nSPS) is 14.8. The predicted molar refractivity (Wildman–Crippen MR) is 78.8 cm³/mol. The van der Waals surface area contributed by atoms with Gasteiger partial charge in [0.15, 0.2) is 0 Å². The van der Waals surface area contributed by atoms with E-state index in [9.17, 15) is 5.11 Å². The second-order valence-corrected chi connectivity index (χ2v) is 5.56. The number of nitrogens with zero attached hydrogens (tertiary/aromatic N) is 1. The Hall–Kier alpha value is -1.10. The molecule has 0 bridgehead atoms. The van der Waals surface area contributed by atoms with Crippen molar-refractivity contribution in [1.29, 1.82) is 0 Å². The summed E-state index contributed by atoms with van der Waals surface area (Å²) in [5.41, 5.74) is 2.02. The van der Waals surface area contributed by atoms with Gasteiger partial charge in [0.25, 0.3) is 0 Å². The molecule has 0 aromatic heterocycles. The summed E-state index contributed by atoms with van der Waals surface area (Å²) in [7, 11) is 3.75. The maximum absolute atomic E-state index is 9.22.